The second-order valence-corrected chi connectivity index (χ2v) is 4.76. The quantitative estimate of drug-likeness (QED) is 0.857. The highest BCUT2D eigenvalue weighted by Crippen LogP contribution is 2.15. The lowest BCUT2D eigenvalue weighted by atomic mass is 10.1. The summed E-state index contributed by atoms with van der Waals surface area (Å²) in [5.41, 5.74) is 1.53. The van der Waals surface area contributed by atoms with Gasteiger partial charge in [0.05, 0.1) is 19.1 Å². The number of anilines is 1. The number of aliphatic hydroxyl groups is 1. The van der Waals surface area contributed by atoms with Crippen LogP contribution in [-0.4, -0.2) is 17.6 Å². The second-order valence-electron chi connectivity index (χ2n) is 4.76. The minimum atomic E-state index is -0.506. The average Bonchev–Trinajstić information content (AvgIpc) is 2.49. The van der Waals surface area contributed by atoms with E-state index in [0.717, 1.165) is 11.3 Å². The van der Waals surface area contributed by atoms with Gasteiger partial charge in [-0.05, 0) is 36.8 Å². The zero-order valence-corrected chi connectivity index (χ0v) is 12.0. The van der Waals surface area contributed by atoms with E-state index in [9.17, 15) is 9.90 Å². The molecule has 2 aromatic rings. The first-order valence-corrected chi connectivity index (χ1v) is 6.91. The van der Waals surface area contributed by atoms with Crippen LogP contribution in [0.4, 0.5) is 5.69 Å². The van der Waals surface area contributed by atoms with Crippen molar-refractivity contribution in [3.8, 4) is 5.75 Å². The predicted molar refractivity (Wildman–Crippen MR) is 82.3 cm³/mol. The Morgan fingerprint density at radius 3 is 2.43 bits per heavy atom. The number of nitrogens with one attached hydrogen (secondary N) is 1. The number of hydrogen-bond acceptors (Lipinski definition) is 3. The van der Waals surface area contributed by atoms with E-state index in [0.29, 0.717) is 12.3 Å². The van der Waals surface area contributed by atoms with Gasteiger partial charge in [0.2, 0.25) is 5.91 Å². The molecule has 0 fully saturated rings. The number of carbonyl (C=O) groups excluding carboxylic acids is 1. The first-order chi connectivity index (χ1) is 10.1. The normalized spacial score (nSPS) is 11.7. The third-order valence-electron chi connectivity index (χ3n) is 3.02. The molecule has 4 nitrogen and oxygen atoms in total. The van der Waals surface area contributed by atoms with Crippen molar-refractivity contribution >= 4 is 11.6 Å². The summed E-state index contributed by atoms with van der Waals surface area (Å²) in [5.74, 6) is 0.655. The third kappa shape index (κ3) is 4.93. The molecule has 2 aromatic carbocycles. The van der Waals surface area contributed by atoms with Crippen molar-refractivity contribution in [3.05, 3.63) is 60.2 Å². The van der Waals surface area contributed by atoms with E-state index in [4.69, 9.17) is 4.74 Å². The van der Waals surface area contributed by atoms with E-state index in [-0.39, 0.29) is 12.3 Å². The van der Waals surface area contributed by atoms with Crippen LogP contribution in [0.3, 0.4) is 0 Å². The van der Waals surface area contributed by atoms with Gasteiger partial charge < -0.3 is 15.2 Å². The van der Waals surface area contributed by atoms with Crippen molar-refractivity contribution in [2.45, 2.75) is 19.4 Å². The largest absolute Gasteiger partial charge is 0.493 e. The number of ether oxygens (including phenoxy) is 1. The first kappa shape index (κ1) is 15.1. The van der Waals surface area contributed by atoms with Crippen molar-refractivity contribution in [1.82, 2.24) is 0 Å². The van der Waals surface area contributed by atoms with Crippen LogP contribution in [0, 0.1) is 0 Å². The molecule has 2 rings (SSSR count). The smallest absolute Gasteiger partial charge is 0.227 e. The van der Waals surface area contributed by atoms with Crippen LogP contribution in [0.5, 0.6) is 5.75 Å². The Bertz CT molecular complexity index is 564. The Balaban J connectivity index is 1.76. The summed E-state index contributed by atoms with van der Waals surface area (Å²) in [5, 5.41) is 12.2. The van der Waals surface area contributed by atoms with Gasteiger partial charge in [-0.2, -0.15) is 0 Å². The fourth-order valence-electron chi connectivity index (χ4n) is 1.85. The minimum absolute atomic E-state index is 0.101. The minimum Gasteiger partial charge on any atom is -0.493 e. The van der Waals surface area contributed by atoms with E-state index in [2.05, 4.69) is 5.32 Å². The maximum Gasteiger partial charge on any atom is 0.227 e. The summed E-state index contributed by atoms with van der Waals surface area (Å²) in [6, 6.07) is 16.5. The molecule has 0 bridgehead atoms. The van der Waals surface area contributed by atoms with Crippen LogP contribution in [0.2, 0.25) is 0 Å². The second kappa shape index (κ2) is 7.45. The number of para-hydroxylation sites is 1. The lowest BCUT2D eigenvalue weighted by Gasteiger charge is -2.09. The molecule has 1 unspecified atom stereocenters. The summed E-state index contributed by atoms with van der Waals surface area (Å²) < 4.78 is 5.47. The van der Waals surface area contributed by atoms with E-state index >= 15 is 0 Å². The fraction of sp³-hybridized carbons (Fsp3) is 0.235. The van der Waals surface area contributed by atoms with Crippen LogP contribution in [0.15, 0.2) is 54.6 Å². The summed E-state index contributed by atoms with van der Waals surface area (Å²) >= 11 is 0. The zero-order valence-electron chi connectivity index (χ0n) is 12.0. The molecule has 0 aliphatic carbocycles. The van der Waals surface area contributed by atoms with E-state index < -0.39 is 6.10 Å². The van der Waals surface area contributed by atoms with Crippen molar-refractivity contribution in [1.29, 1.82) is 0 Å². The molecule has 21 heavy (non-hydrogen) atoms. The first-order valence-electron chi connectivity index (χ1n) is 6.91. The monoisotopic (exact) mass is 285 g/mol. The Kier molecular flexibility index (Phi) is 5.35. The van der Waals surface area contributed by atoms with E-state index in [1.54, 1.807) is 31.2 Å². The molecule has 2 N–H and O–H groups in total. The Morgan fingerprint density at radius 2 is 1.81 bits per heavy atom. The zero-order chi connectivity index (χ0) is 15.1. The number of amides is 1. The topological polar surface area (TPSA) is 58.6 Å². The van der Waals surface area contributed by atoms with Crippen molar-refractivity contribution in [3.63, 3.8) is 0 Å². The summed E-state index contributed by atoms with van der Waals surface area (Å²) in [4.78, 5) is 11.8. The maximum absolute atomic E-state index is 11.8. The molecule has 0 aromatic heterocycles. The Hall–Kier alpha value is -2.33. The molecule has 1 amide bonds. The molecule has 0 saturated carbocycles. The van der Waals surface area contributed by atoms with E-state index in [1.807, 2.05) is 30.3 Å². The van der Waals surface area contributed by atoms with Crippen molar-refractivity contribution < 1.29 is 14.6 Å². The highest BCUT2D eigenvalue weighted by Gasteiger charge is 2.04. The van der Waals surface area contributed by atoms with Gasteiger partial charge in [-0.1, -0.05) is 30.3 Å². The van der Waals surface area contributed by atoms with Gasteiger partial charge in [0.25, 0.3) is 0 Å². The molecule has 0 aliphatic rings. The molecule has 110 valence electrons. The molecule has 0 aliphatic heterocycles. The number of benzene rings is 2. The molecule has 1 atom stereocenters. The van der Waals surface area contributed by atoms with Crippen LogP contribution in [0.1, 0.15) is 25.0 Å². The average molecular weight is 285 g/mol. The lowest BCUT2D eigenvalue weighted by Crippen LogP contribution is -2.15. The molecular formula is C17H19NO3. The maximum atomic E-state index is 11.8. The van der Waals surface area contributed by atoms with Gasteiger partial charge in [-0.15, -0.1) is 0 Å². The van der Waals surface area contributed by atoms with Gasteiger partial charge in [0, 0.05) is 5.69 Å². The van der Waals surface area contributed by atoms with Crippen LogP contribution < -0.4 is 10.1 Å². The van der Waals surface area contributed by atoms with Gasteiger partial charge in [0.15, 0.2) is 0 Å². The summed E-state index contributed by atoms with van der Waals surface area (Å²) in [6.07, 6.45) is -0.221. The molecule has 4 heteroatoms. The fourth-order valence-corrected chi connectivity index (χ4v) is 1.85. The van der Waals surface area contributed by atoms with Gasteiger partial charge in [0.1, 0.15) is 5.75 Å². The number of aliphatic hydroxyl groups excluding tert-OH is 1. The van der Waals surface area contributed by atoms with Crippen LogP contribution in [0.25, 0.3) is 0 Å². The highest BCUT2D eigenvalue weighted by atomic mass is 16.5. The lowest BCUT2D eigenvalue weighted by molar-refractivity contribution is -0.116. The molecule has 0 radical (unpaired) electrons. The Morgan fingerprint density at radius 1 is 1.14 bits per heavy atom. The molecular weight excluding hydrogens is 266 g/mol. The predicted octanol–water partition coefficient (Wildman–Crippen LogP) is 3.15. The van der Waals surface area contributed by atoms with E-state index in [1.165, 1.54) is 0 Å². The number of hydrogen-bond donors (Lipinski definition) is 2. The van der Waals surface area contributed by atoms with Gasteiger partial charge in [-0.25, -0.2) is 0 Å². The van der Waals surface area contributed by atoms with Crippen LogP contribution >= 0.6 is 0 Å². The SMILES string of the molecule is CC(O)c1ccc(NC(=O)CCOc2ccccc2)cc1. The molecule has 0 saturated heterocycles. The van der Waals surface area contributed by atoms with Crippen molar-refractivity contribution in [2.24, 2.45) is 0 Å². The highest BCUT2D eigenvalue weighted by molar-refractivity contribution is 5.90. The standard InChI is InChI=1S/C17H19NO3/c1-13(19)14-7-9-15(10-8-14)18-17(20)11-12-21-16-5-3-2-4-6-16/h2-10,13,19H,11-12H2,1H3,(H,18,20). The van der Waals surface area contributed by atoms with Crippen LogP contribution in [-0.2, 0) is 4.79 Å². The molecule has 0 spiro atoms. The van der Waals surface area contributed by atoms with Crippen molar-refractivity contribution in [2.75, 3.05) is 11.9 Å². The molecule has 0 heterocycles. The summed E-state index contributed by atoms with van der Waals surface area (Å²) in [7, 11) is 0. The Labute approximate surface area is 124 Å². The van der Waals surface area contributed by atoms with Gasteiger partial charge >= 0.3 is 0 Å². The third-order valence-corrected chi connectivity index (χ3v) is 3.02. The van der Waals surface area contributed by atoms with Gasteiger partial charge in [-0.3, -0.25) is 4.79 Å². The number of carbonyl (C=O) groups is 1. The number of rotatable bonds is 6. The summed E-state index contributed by atoms with van der Waals surface area (Å²) in [6.45, 7) is 2.04.